The van der Waals surface area contributed by atoms with E-state index in [1.165, 1.54) is 23.0 Å². The number of pyridine rings is 1. The molecule has 9 nitrogen and oxygen atoms in total. The quantitative estimate of drug-likeness (QED) is 0.408. The summed E-state index contributed by atoms with van der Waals surface area (Å²) in [5, 5.41) is 17.1. The molecule has 1 aliphatic heterocycles. The maximum Gasteiger partial charge on any atom is 0.224 e. The summed E-state index contributed by atoms with van der Waals surface area (Å²) >= 11 is 0. The van der Waals surface area contributed by atoms with Crippen LogP contribution in [0, 0.1) is 29.0 Å². The number of aromatic nitrogens is 3. The van der Waals surface area contributed by atoms with Crippen LogP contribution in [0.4, 0.5) is 14.5 Å². The van der Waals surface area contributed by atoms with E-state index in [0.29, 0.717) is 42.3 Å². The third-order valence-electron chi connectivity index (χ3n) is 8.51. The predicted molar refractivity (Wildman–Crippen MR) is 163 cm³/mol. The number of nitrogens with one attached hydrogen (secondary N) is 1. The molecule has 43 heavy (non-hydrogen) atoms. The van der Waals surface area contributed by atoms with Gasteiger partial charge in [-0.3, -0.25) is 4.79 Å². The monoisotopic (exact) mass is 609 g/mol. The number of hydrogen-bond donors (Lipinski definition) is 1. The van der Waals surface area contributed by atoms with Gasteiger partial charge in [0.15, 0.2) is 11.6 Å². The highest BCUT2D eigenvalue weighted by atomic mass is 32.2. The highest BCUT2D eigenvalue weighted by Crippen LogP contribution is 2.43. The first-order chi connectivity index (χ1) is 20.6. The smallest absolute Gasteiger partial charge is 0.224 e. The number of alkyl halides is 1. The van der Waals surface area contributed by atoms with Gasteiger partial charge in [-0.25, -0.2) is 27.0 Å². The molecule has 1 saturated heterocycles. The fraction of sp³-hybridized carbons (Fsp3) is 0.484. The van der Waals surface area contributed by atoms with Crippen molar-refractivity contribution in [3.05, 3.63) is 60.3 Å². The zero-order valence-corrected chi connectivity index (χ0v) is 25.4. The molecule has 0 spiro atoms. The van der Waals surface area contributed by atoms with Crippen LogP contribution in [0.1, 0.15) is 44.7 Å². The summed E-state index contributed by atoms with van der Waals surface area (Å²) < 4.78 is 47.7. The normalized spacial score (nSPS) is 22.5. The van der Waals surface area contributed by atoms with Crippen molar-refractivity contribution in [1.82, 2.24) is 20.1 Å². The van der Waals surface area contributed by atoms with Crippen LogP contribution in [-0.4, -0.2) is 68.7 Å². The molecule has 12 heteroatoms. The van der Waals surface area contributed by atoms with E-state index in [-0.39, 0.29) is 30.5 Å². The van der Waals surface area contributed by atoms with Gasteiger partial charge in [0.1, 0.15) is 12.2 Å². The topological polar surface area (TPSA) is 116 Å². The van der Waals surface area contributed by atoms with Crippen LogP contribution >= 0.6 is 0 Å². The molecule has 3 heterocycles. The molecular formula is C31H37F2N7O2S. The molecule has 0 bridgehead atoms. The highest BCUT2D eigenvalue weighted by Gasteiger charge is 2.40. The molecule has 1 aromatic carbocycles. The molecule has 2 aliphatic rings. The van der Waals surface area contributed by atoms with E-state index in [0.717, 1.165) is 11.3 Å². The Hall–Kier alpha value is -3.85. The first-order valence-corrected chi connectivity index (χ1v) is 16.5. The number of nitrogens with zero attached hydrogens (tertiary/aromatic N) is 6. The molecule has 0 unspecified atom stereocenters. The second-order valence-electron chi connectivity index (χ2n) is 11.6. The Labute approximate surface area is 251 Å². The number of nitriles is 1. The van der Waals surface area contributed by atoms with Gasteiger partial charge in [0.2, 0.25) is 5.91 Å². The minimum atomic E-state index is -2.14. The van der Waals surface area contributed by atoms with Crippen LogP contribution in [0.5, 0.6) is 0 Å². The highest BCUT2D eigenvalue weighted by molar-refractivity contribution is 7.93. The zero-order valence-electron chi connectivity index (χ0n) is 24.6. The molecule has 0 radical (unpaired) electrons. The van der Waals surface area contributed by atoms with Crippen molar-refractivity contribution in [3.8, 4) is 23.0 Å². The minimum absolute atomic E-state index is 0.0120. The molecule has 5 rings (SSSR count). The van der Waals surface area contributed by atoms with Crippen LogP contribution in [0.2, 0.25) is 0 Å². The number of anilines is 1. The van der Waals surface area contributed by atoms with Gasteiger partial charge in [-0.15, -0.1) is 0 Å². The van der Waals surface area contributed by atoms with Gasteiger partial charge in [-0.05, 0) is 55.0 Å². The Balaban J connectivity index is 1.52. The summed E-state index contributed by atoms with van der Waals surface area (Å²) in [6.07, 6.45) is 2.70. The molecule has 1 aliphatic carbocycles. The van der Waals surface area contributed by atoms with Crippen LogP contribution in [0.15, 0.2) is 53.2 Å². The average molecular weight is 610 g/mol. The van der Waals surface area contributed by atoms with Gasteiger partial charge in [0, 0.05) is 76.9 Å². The maximum absolute atomic E-state index is 14.8. The van der Waals surface area contributed by atoms with Crippen molar-refractivity contribution in [1.29, 1.82) is 5.26 Å². The summed E-state index contributed by atoms with van der Waals surface area (Å²) in [6, 6.07) is 12.1. The summed E-state index contributed by atoms with van der Waals surface area (Å²) in [4.78, 5) is 19.9. The van der Waals surface area contributed by atoms with Gasteiger partial charge < -0.3 is 10.2 Å². The third kappa shape index (κ3) is 6.56. The molecule has 1 saturated carbocycles. The zero-order chi connectivity index (χ0) is 30.7. The Bertz CT molecular complexity index is 1610. The van der Waals surface area contributed by atoms with Gasteiger partial charge in [0.05, 0.1) is 11.8 Å². The van der Waals surface area contributed by atoms with E-state index in [4.69, 9.17) is 5.10 Å². The van der Waals surface area contributed by atoms with Crippen LogP contribution in [-0.2, 0) is 14.5 Å². The van der Waals surface area contributed by atoms with Crippen molar-refractivity contribution in [2.45, 2.75) is 51.2 Å². The maximum atomic E-state index is 14.8. The standard InChI is InChI=1S/C31H37F2N7O2S/c1-20(2)28(18-34)37-31(41)25-17-22(32)8-11-24(25)29-26(19-40(38-29)30-27(33)5-4-12-36-30)21-6-9-23(10-7-21)39-13-15-43(42,35-3)16-14-39/h4-7,9-10,12,19-20,22,24-25,28H,8,11,13-17H2,1-3H3,(H,37,41)/t22-,24+,25+,28+/m0/s1. The van der Waals surface area contributed by atoms with Gasteiger partial charge in [0.25, 0.3) is 0 Å². The molecular weight excluding hydrogens is 572 g/mol. The molecule has 3 aromatic rings. The van der Waals surface area contributed by atoms with E-state index in [9.17, 15) is 23.0 Å². The Morgan fingerprint density at radius 3 is 2.53 bits per heavy atom. The number of amides is 1. The molecule has 1 amide bonds. The Morgan fingerprint density at radius 1 is 1.19 bits per heavy atom. The lowest BCUT2D eigenvalue weighted by atomic mass is 9.74. The van der Waals surface area contributed by atoms with Gasteiger partial charge in [-0.1, -0.05) is 26.0 Å². The van der Waals surface area contributed by atoms with Crippen molar-refractivity contribution in [2.24, 2.45) is 16.2 Å². The first-order valence-electron chi connectivity index (χ1n) is 14.6. The molecule has 2 aromatic heterocycles. The summed E-state index contributed by atoms with van der Waals surface area (Å²) in [6.45, 7) is 4.97. The Kier molecular flexibility index (Phi) is 9.11. The fourth-order valence-corrected chi connectivity index (χ4v) is 7.48. The lowest BCUT2D eigenvalue weighted by Crippen LogP contribution is -2.44. The third-order valence-corrected chi connectivity index (χ3v) is 10.8. The second-order valence-corrected chi connectivity index (χ2v) is 14.3. The van der Waals surface area contributed by atoms with Crippen LogP contribution < -0.4 is 10.2 Å². The van der Waals surface area contributed by atoms with E-state index in [2.05, 4.69) is 25.6 Å². The molecule has 2 fully saturated rings. The minimum Gasteiger partial charge on any atom is -0.370 e. The number of carbonyl (C=O) groups excluding carboxylic acids is 1. The summed E-state index contributed by atoms with van der Waals surface area (Å²) in [5.74, 6) is -1.18. The number of rotatable bonds is 7. The Morgan fingerprint density at radius 2 is 1.91 bits per heavy atom. The summed E-state index contributed by atoms with van der Waals surface area (Å²) in [7, 11) is -0.525. The van der Waals surface area contributed by atoms with Crippen molar-refractivity contribution < 1.29 is 17.8 Å². The lowest BCUT2D eigenvalue weighted by molar-refractivity contribution is -0.128. The number of carbonyl (C=O) groups is 1. The van der Waals surface area contributed by atoms with E-state index >= 15 is 0 Å². The largest absolute Gasteiger partial charge is 0.370 e. The first kappa shape index (κ1) is 30.6. The number of benzene rings is 1. The number of halogens is 2. The van der Waals surface area contributed by atoms with E-state index in [1.807, 2.05) is 38.1 Å². The fourth-order valence-electron chi connectivity index (χ4n) is 5.89. The second kappa shape index (κ2) is 12.8. The molecule has 4 atom stereocenters. The molecule has 228 valence electrons. The van der Waals surface area contributed by atoms with Crippen molar-refractivity contribution in [3.63, 3.8) is 0 Å². The SMILES string of the molecule is CN=S1(=O)CCN(c2ccc(-c3cn(-c4ncccc4F)nc3[C@@H]3CC[C@H](F)C[C@H]3C(=O)N[C@H](C#N)C(C)C)cc2)CC1. The van der Waals surface area contributed by atoms with Gasteiger partial charge in [-0.2, -0.15) is 10.4 Å². The van der Waals surface area contributed by atoms with Crippen LogP contribution in [0.25, 0.3) is 16.9 Å². The average Bonchev–Trinajstić information content (AvgIpc) is 3.45. The predicted octanol–water partition coefficient (Wildman–Crippen LogP) is 4.88. The van der Waals surface area contributed by atoms with Gasteiger partial charge >= 0.3 is 0 Å². The molecule has 1 N–H and O–H groups in total. The van der Waals surface area contributed by atoms with Crippen molar-refractivity contribution >= 4 is 21.3 Å². The van der Waals surface area contributed by atoms with Crippen molar-refractivity contribution in [2.75, 3.05) is 36.5 Å². The lowest BCUT2D eigenvalue weighted by Gasteiger charge is -2.33. The van der Waals surface area contributed by atoms with Crippen LogP contribution in [0.3, 0.4) is 0 Å². The summed E-state index contributed by atoms with van der Waals surface area (Å²) in [5.41, 5.74) is 3.05. The van der Waals surface area contributed by atoms with E-state index < -0.39 is 39.6 Å². The van der Waals surface area contributed by atoms with E-state index in [1.54, 1.807) is 13.2 Å². The number of hydrogen-bond acceptors (Lipinski definition) is 7.